The molecular formula is C23H13Cl3F4N6O. The molecule has 0 bridgehead atoms. The summed E-state index contributed by atoms with van der Waals surface area (Å²) in [7, 11) is 0. The first-order chi connectivity index (χ1) is 17.6. The van der Waals surface area contributed by atoms with Gasteiger partial charge in [0.2, 0.25) is 11.9 Å². The van der Waals surface area contributed by atoms with E-state index in [1.807, 2.05) is 0 Å². The van der Waals surface area contributed by atoms with Gasteiger partial charge in [-0.1, -0.05) is 40.9 Å². The Kier molecular flexibility index (Phi) is 7.96. The summed E-state index contributed by atoms with van der Waals surface area (Å²) in [5.41, 5.74) is 3.46. The van der Waals surface area contributed by atoms with Crippen LogP contribution in [-0.2, 0) is 0 Å². The van der Waals surface area contributed by atoms with E-state index in [0.29, 0.717) is 16.3 Å². The van der Waals surface area contributed by atoms with Gasteiger partial charge in [0, 0.05) is 5.69 Å². The number of hydrogen-bond donors (Lipinski definition) is 2. The molecule has 0 fully saturated rings. The van der Waals surface area contributed by atoms with Crippen LogP contribution in [0.1, 0.15) is 5.56 Å². The van der Waals surface area contributed by atoms with E-state index in [1.165, 1.54) is 36.5 Å². The molecule has 0 radical (unpaired) electrons. The van der Waals surface area contributed by atoms with Crippen LogP contribution >= 0.6 is 34.8 Å². The Balaban J connectivity index is 1.61. The maximum Gasteiger partial charge on any atom is 0.573 e. The fourth-order valence-electron chi connectivity index (χ4n) is 2.93. The van der Waals surface area contributed by atoms with Crippen LogP contribution in [0.4, 0.5) is 35.1 Å². The molecule has 1 aromatic heterocycles. The van der Waals surface area contributed by atoms with Crippen molar-refractivity contribution in [1.29, 1.82) is 0 Å². The van der Waals surface area contributed by atoms with E-state index >= 15 is 0 Å². The van der Waals surface area contributed by atoms with Crippen molar-refractivity contribution >= 4 is 58.6 Å². The SMILES string of the molecule is Fc1cccc(Cl)c1-c1nc(N/N=C/c2ccc(OC(F)(F)F)cc2)nc(Nc2ccc(Cl)c(Cl)c2)n1. The van der Waals surface area contributed by atoms with Crippen molar-refractivity contribution in [3.8, 4) is 17.1 Å². The molecule has 0 saturated heterocycles. The van der Waals surface area contributed by atoms with Crippen LogP contribution < -0.4 is 15.5 Å². The molecule has 0 amide bonds. The predicted octanol–water partition coefficient (Wildman–Crippen LogP) is 7.73. The number of rotatable bonds is 7. The van der Waals surface area contributed by atoms with Gasteiger partial charge < -0.3 is 10.1 Å². The number of aromatic nitrogens is 3. The van der Waals surface area contributed by atoms with Crippen LogP contribution in [0.2, 0.25) is 15.1 Å². The molecule has 0 aliphatic carbocycles. The zero-order chi connectivity index (χ0) is 26.6. The largest absolute Gasteiger partial charge is 0.573 e. The monoisotopic (exact) mass is 570 g/mol. The lowest BCUT2D eigenvalue weighted by molar-refractivity contribution is -0.274. The van der Waals surface area contributed by atoms with E-state index < -0.39 is 12.2 Å². The number of nitrogens with zero attached hydrogens (tertiary/aromatic N) is 4. The van der Waals surface area contributed by atoms with E-state index in [2.05, 4.69) is 35.5 Å². The Morgan fingerprint density at radius 1 is 0.838 bits per heavy atom. The fourth-order valence-corrected chi connectivity index (χ4v) is 3.47. The Labute approximate surface area is 222 Å². The Hall–Kier alpha value is -3.67. The van der Waals surface area contributed by atoms with Gasteiger partial charge in [0.15, 0.2) is 5.82 Å². The third-order valence-corrected chi connectivity index (χ3v) is 5.54. The second-order valence-electron chi connectivity index (χ2n) is 7.14. The van der Waals surface area contributed by atoms with E-state index in [9.17, 15) is 17.6 Å². The minimum absolute atomic E-state index is 0.00839. The van der Waals surface area contributed by atoms with Gasteiger partial charge in [-0.15, -0.1) is 13.2 Å². The number of halogens is 7. The van der Waals surface area contributed by atoms with Gasteiger partial charge in [-0.2, -0.15) is 20.1 Å². The van der Waals surface area contributed by atoms with Gasteiger partial charge in [-0.25, -0.2) is 9.82 Å². The molecule has 0 aliphatic heterocycles. The van der Waals surface area contributed by atoms with E-state index in [-0.39, 0.29) is 39.1 Å². The van der Waals surface area contributed by atoms with Crippen molar-refractivity contribution in [2.75, 3.05) is 10.7 Å². The van der Waals surface area contributed by atoms with Crippen LogP contribution in [0.5, 0.6) is 5.75 Å². The van der Waals surface area contributed by atoms with Gasteiger partial charge in [0.1, 0.15) is 11.6 Å². The summed E-state index contributed by atoms with van der Waals surface area (Å²) in [4.78, 5) is 12.6. The highest BCUT2D eigenvalue weighted by molar-refractivity contribution is 6.42. The molecule has 2 N–H and O–H groups in total. The van der Waals surface area contributed by atoms with Gasteiger partial charge in [0.25, 0.3) is 0 Å². The summed E-state index contributed by atoms with van der Waals surface area (Å²) in [6, 6.07) is 13.9. The van der Waals surface area contributed by atoms with Crippen molar-refractivity contribution in [2.24, 2.45) is 5.10 Å². The standard InChI is InChI=1S/C23H13Cl3F4N6O/c24-15-9-6-13(10-17(15)26)32-21-33-20(19-16(25)2-1-3-18(19)27)34-22(35-21)36-31-11-12-4-7-14(8-5-12)37-23(28,29)30/h1-11H,(H2,32,33,34,35,36)/b31-11+. The Morgan fingerprint density at radius 3 is 2.24 bits per heavy atom. The second kappa shape index (κ2) is 11.2. The molecule has 14 heteroatoms. The highest BCUT2D eigenvalue weighted by Crippen LogP contribution is 2.31. The van der Waals surface area contributed by atoms with Gasteiger partial charge >= 0.3 is 6.36 Å². The van der Waals surface area contributed by atoms with Crippen LogP contribution in [0.15, 0.2) is 65.8 Å². The normalized spacial score (nSPS) is 11.5. The minimum atomic E-state index is -4.79. The number of alkyl halides is 3. The van der Waals surface area contributed by atoms with Crippen molar-refractivity contribution < 1.29 is 22.3 Å². The molecule has 0 spiro atoms. The van der Waals surface area contributed by atoms with Crippen LogP contribution in [0.25, 0.3) is 11.4 Å². The highest BCUT2D eigenvalue weighted by Gasteiger charge is 2.30. The lowest BCUT2D eigenvalue weighted by Crippen LogP contribution is -2.17. The van der Waals surface area contributed by atoms with Crippen molar-refractivity contribution in [2.45, 2.75) is 6.36 Å². The molecule has 0 unspecified atom stereocenters. The number of anilines is 3. The first-order valence-electron chi connectivity index (χ1n) is 10.1. The summed E-state index contributed by atoms with van der Waals surface area (Å²) in [5.74, 6) is -1.20. The van der Waals surface area contributed by atoms with E-state index in [1.54, 1.807) is 18.2 Å². The number of hydrogen-bond acceptors (Lipinski definition) is 7. The molecule has 0 atom stereocenters. The Bertz CT molecular complexity index is 1430. The van der Waals surface area contributed by atoms with Crippen LogP contribution in [0.3, 0.4) is 0 Å². The predicted molar refractivity (Wildman–Crippen MR) is 134 cm³/mol. The first kappa shape index (κ1) is 26.4. The van der Waals surface area contributed by atoms with Crippen LogP contribution in [0, 0.1) is 5.82 Å². The second-order valence-corrected chi connectivity index (χ2v) is 8.37. The summed E-state index contributed by atoms with van der Waals surface area (Å²) >= 11 is 18.2. The molecule has 0 aliphatic rings. The molecule has 190 valence electrons. The lowest BCUT2D eigenvalue weighted by Gasteiger charge is -2.11. The summed E-state index contributed by atoms with van der Waals surface area (Å²) in [5, 5.41) is 7.61. The third kappa shape index (κ3) is 7.19. The molecule has 0 saturated carbocycles. The Morgan fingerprint density at radius 2 is 1.57 bits per heavy atom. The highest BCUT2D eigenvalue weighted by atomic mass is 35.5. The number of hydrazone groups is 1. The summed E-state index contributed by atoms with van der Waals surface area (Å²) in [6.07, 6.45) is -3.49. The zero-order valence-corrected chi connectivity index (χ0v) is 20.5. The third-order valence-electron chi connectivity index (χ3n) is 4.49. The topological polar surface area (TPSA) is 84.3 Å². The molecule has 1 heterocycles. The molecule has 7 nitrogen and oxygen atoms in total. The average molecular weight is 572 g/mol. The first-order valence-corrected chi connectivity index (χ1v) is 11.3. The quantitative estimate of drug-likeness (QED) is 0.134. The lowest BCUT2D eigenvalue weighted by atomic mass is 10.2. The van der Waals surface area contributed by atoms with Crippen molar-refractivity contribution in [3.05, 3.63) is 87.1 Å². The maximum atomic E-state index is 14.6. The van der Waals surface area contributed by atoms with Gasteiger partial charge in [0.05, 0.1) is 26.8 Å². The smallest absolute Gasteiger partial charge is 0.406 e. The van der Waals surface area contributed by atoms with E-state index in [4.69, 9.17) is 34.8 Å². The molecule has 37 heavy (non-hydrogen) atoms. The minimum Gasteiger partial charge on any atom is -0.406 e. The summed E-state index contributed by atoms with van der Waals surface area (Å²) < 4.78 is 55.3. The van der Waals surface area contributed by atoms with Crippen LogP contribution in [-0.4, -0.2) is 27.5 Å². The average Bonchev–Trinajstić information content (AvgIpc) is 2.81. The van der Waals surface area contributed by atoms with Gasteiger partial charge in [-0.05, 0) is 60.2 Å². The zero-order valence-electron chi connectivity index (χ0n) is 18.2. The van der Waals surface area contributed by atoms with E-state index in [0.717, 1.165) is 12.1 Å². The van der Waals surface area contributed by atoms with Crippen molar-refractivity contribution in [3.63, 3.8) is 0 Å². The van der Waals surface area contributed by atoms with Crippen molar-refractivity contribution in [1.82, 2.24) is 15.0 Å². The van der Waals surface area contributed by atoms with Gasteiger partial charge in [-0.3, -0.25) is 0 Å². The number of benzene rings is 3. The fraction of sp³-hybridized carbons (Fsp3) is 0.0435. The molecular weight excluding hydrogens is 559 g/mol. The number of nitrogens with one attached hydrogen (secondary N) is 2. The maximum absolute atomic E-state index is 14.6. The molecule has 3 aromatic carbocycles. The number of ether oxygens (including phenoxy) is 1. The summed E-state index contributed by atoms with van der Waals surface area (Å²) in [6.45, 7) is 0. The molecule has 4 rings (SSSR count). The molecule has 4 aromatic rings.